The monoisotopic (exact) mass is 674 g/mol. The summed E-state index contributed by atoms with van der Waals surface area (Å²) in [5.41, 5.74) is 12.8. The highest BCUT2D eigenvalue weighted by molar-refractivity contribution is 6.13. The Hall–Kier alpha value is -7.35. The number of aromatic nitrogens is 3. The summed E-state index contributed by atoms with van der Waals surface area (Å²) in [6.07, 6.45) is 0. The summed E-state index contributed by atoms with van der Waals surface area (Å²) in [4.78, 5) is 0. The highest BCUT2D eigenvalue weighted by Crippen LogP contribution is 2.39. The molecule has 4 nitrogen and oxygen atoms in total. The minimum absolute atomic E-state index is 0.615. The number of fused-ring (bicyclic) bond motifs is 9. The van der Waals surface area contributed by atoms with Gasteiger partial charge in [-0.05, 0) is 83.9 Å². The third-order valence-corrected chi connectivity index (χ3v) is 10.8. The maximum Gasteiger partial charge on any atom is 0.0993 e. The molecule has 0 N–H and O–H groups in total. The standard InChI is InChI=1S/C49H30N4/c50-31-32-26-36(52-45-19-9-4-14-38(45)39-15-5-10-20-46(39)52)30-37(27-32)53-47-21-11-7-17-41(47)43-28-33(23-25-48(43)53)34-22-24-42-40-16-6-8-18-44(40)51(49(42)29-34)35-12-2-1-3-13-35/h1-30H. The number of rotatable bonds is 4. The molecule has 3 aromatic heterocycles. The highest BCUT2D eigenvalue weighted by atomic mass is 15.0. The van der Waals surface area contributed by atoms with Crippen LogP contribution in [0.2, 0.25) is 0 Å². The van der Waals surface area contributed by atoms with Crippen molar-refractivity contribution in [2.45, 2.75) is 0 Å². The van der Waals surface area contributed by atoms with E-state index in [1.807, 2.05) is 12.1 Å². The molecule has 0 amide bonds. The molecule has 0 saturated heterocycles. The number of para-hydroxylation sites is 5. The van der Waals surface area contributed by atoms with Gasteiger partial charge in [0, 0.05) is 49.4 Å². The molecule has 0 atom stereocenters. The molecule has 246 valence electrons. The first-order valence-corrected chi connectivity index (χ1v) is 17.9. The van der Waals surface area contributed by atoms with E-state index < -0.39 is 0 Å². The second-order valence-electron chi connectivity index (χ2n) is 13.7. The minimum atomic E-state index is 0.615. The fourth-order valence-corrected chi connectivity index (χ4v) is 8.55. The van der Waals surface area contributed by atoms with Gasteiger partial charge in [-0.25, -0.2) is 0 Å². The van der Waals surface area contributed by atoms with E-state index in [1.54, 1.807) is 0 Å². The van der Waals surface area contributed by atoms with E-state index in [0.29, 0.717) is 5.56 Å². The van der Waals surface area contributed by atoms with Crippen LogP contribution in [0.1, 0.15) is 5.56 Å². The normalized spacial score (nSPS) is 11.8. The Labute approximate surface area is 305 Å². The Morgan fingerprint density at radius 3 is 1.26 bits per heavy atom. The van der Waals surface area contributed by atoms with Crippen molar-refractivity contribution >= 4 is 65.4 Å². The fraction of sp³-hybridized carbons (Fsp3) is 0. The van der Waals surface area contributed by atoms with Gasteiger partial charge in [0.15, 0.2) is 0 Å². The van der Waals surface area contributed by atoms with Crippen LogP contribution in [0, 0.1) is 11.3 Å². The van der Waals surface area contributed by atoms with Crippen LogP contribution in [-0.4, -0.2) is 13.7 Å². The first-order valence-electron chi connectivity index (χ1n) is 17.9. The number of hydrogen-bond acceptors (Lipinski definition) is 1. The number of nitriles is 1. The van der Waals surface area contributed by atoms with Gasteiger partial charge in [-0.3, -0.25) is 0 Å². The zero-order chi connectivity index (χ0) is 35.0. The Bertz CT molecular complexity index is 3240. The van der Waals surface area contributed by atoms with Crippen molar-refractivity contribution in [1.29, 1.82) is 5.26 Å². The van der Waals surface area contributed by atoms with E-state index in [0.717, 1.165) is 50.3 Å². The van der Waals surface area contributed by atoms with Crippen molar-refractivity contribution in [2.24, 2.45) is 0 Å². The van der Waals surface area contributed by atoms with E-state index in [9.17, 15) is 5.26 Å². The van der Waals surface area contributed by atoms with Crippen molar-refractivity contribution in [2.75, 3.05) is 0 Å². The molecule has 0 aliphatic rings. The van der Waals surface area contributed by atoms with Crippen LogP contribution in [0.25, 0.3) is 93.6 Å². The molecule has 0 saturated carbocycles. The van der Waals surface area contributed by atoms with Gasteiger partial charge in [0.05, 0.1) is 44.7 Å². The van der Waals surface area contributed by atoms with Crippen LogP contribution in [0.4, 0.5) is 0 Å². The molecule has 0 aliphatic carbocycles. The van der Waals surface area contributed by atoms with E-state index in [-0.39, 0.29) is 0 Å². The Kier molecular flexibility index (Phi) is 6.28. The van der Waals surface area contributed by atoms with E-state index in [4.69, 9.17) is 0 Å². The Morgan fingerprint density at radius 2 is 0.717 bits per heavy atom. The van der Waals surface area contributed by atoms with E-state index in [1.165, 1.54) is 43.4 Å². The molecule has 0 aliphatic heterocycles. The van der Waals surface area contributed by atoms with Crippen LogP contribution in [0.5, 0.6) is 0 Å². The number of nitrogens with zero attached hydrogens (tertiary/aromatic N) is 4. The number of hydrogen-bond donors (Lipinski definition) is 0. The molecular formula is C49H30N4. The molecule has 4 heteroatoms. The summed E-state index contributed by atoms with van der Waals surface area (Å²) >= 11 is 0. The summed E-state index contributed by atoms with van der Waals surface area (Å²) in [5.74, 6) is 0. The third-order valence-electron chi connectivity index (χ3n) is 10.8. The predicted octanol–water partition coefficient (Wildman–Crippen LogP) is 12.5. The number of benzene rings is 8. The molecular weight excluding hydrogens is 645 g/mol. The Balaban J connectivity index is 1.12. The van der Waals surface area contributed by atoms with Gasteiger partial charge in [0.2, 0.25) is 0 Å². The largest absolute Gasteiger partial charge is 0.309 e. The summed E-state index contributed by atoms with van der Waals surface area (Å²) < 4.78 is 6.96. The third kappa shape index (κ3) is 4.35. The van der Waals surface area contributed by atoms with Crippen LogP contribution in [-0.2, 0) is 0 Å². The summed E-state index contributed by atoms with van der Waals surface area (Å²) in [6.45, 7) is 0. The van der Waals surface area contributed by atoms with Crippen molar-refractivity contribution in [3.63, 3.8) is 0 Å². The van der Waals surface area contributed by atoms with E-state index in [2.05, 4.69) is 190 Å². The maximum absolute atomic E-state index is 10.3. The molecule has 3 heterocycles. The highest BCUT2D eigenvalue weighted by Gasteiger charge is 2.18. The van der Waals surface area contributed by atoms with Crippen molar-refractivity contribution in [3.05, 3.63) is 188 Å². The molecule has 53 heavy (non-hydrogen) atoms. The van der Waals surface area contributed by atoms with E-state index >= 15 is 0 Å². The molecule has 0 fully saturated rings. The van der Waals surface area contributed by atoms with Crippen molar-refractivity contribution in [1.82, 2.24) is 13.7 Å². The van der Waals surface area contributed by atoms with Gasteiger partial charge < -0.3 is 13.7 Å². The van der Waals surface area contributed by atoms with Crippen molar-refractivity contribution < 1.29 is 0 Å². The molecule has 11 aromatic rings. The van der Waals surface area contributed by atoms with Gasteiger partial charge in [-0.15, -0.1) is 0 Å². The zero-order valence-corrected chi connectivity index (χ0v) is 28.6. The lowest BCUT2D eigenvalue weighted by Crippen LogP contribution is -2.00. The first kappa shape index (κ1) is 29.4. The van der Waals surface area contributed by atoms with Crippen LogP contribution in [0.15, 0.2) is 182 Å². The van der Waals surface area contributed by atoms with Crippen LogP contribution >= 0.6 is 0 Å². The SMILES string of the molecule is N#Cc1cc(-n2c3ccccc3c3ccccc32)cc(-n2c3ccccc3c3cc(-c4ccc5c6ccccc6n(-c6ccccc6)c5c4)ccc32)c1. The molecule has 8 aromatic carbocycles. The Morgan fingerprint density at radius 1 is 0.302 bits per heavy atom. The summed E-state index contributed by atoms with van der Waals surface area (Å²) in [5, 5.41) is 17.6. The average Bonchev–Trinajstić information content (AvgIpc) is 3.86. The zero-order valence-electron chi connectivity index (χ0n) is 28.6. The lowest BCUT2D eigenvalue weighted by atomic mass is 10.0. The second kappa shape index (κ2) is 11.3. The smallest absolute Gasteiger partial charge is 0.0993 e. The van der Waals surface area contributed by atoms with Gasteiger partial charge in [-0.1, -0.05) is 109 Å². The molecule has 0 bridgehead atoms. The van der Waals surface area contributed by atoms with Gasteiger partial charge >= 0.3 is 0 Å². The topological polar surface area (TPSA) is 38.6 Å². The fourth-order valence-electron chi connectivity index (χ4n) is 8.55. The first-order chi connectivity index (χ1) is 26.2. The molecule has 0 spiro atoms. The summed E-state index contributed by atoms with van der Waals surface area (Å²) in [6, 6.07) is 67.2. The lowest BCUT2D eigenvalue weighted by molar-refractivity contribution is 1.13. The van der Waals surface area contributed by atoms with Gasteiger partial charge in [-0.2, -0.15) is 5.26 Å². The second-order valence-corrected chi connectivity index (χ2v) is 13.7. The van der Waals surface area contributed by atoms with Crippen LogP contribution < -0.4 is 0 Å². The average molecular weight is 675 g/mol. The predicted molar refractivity (Wildman–Crippen MR) is 220 cm³/mol. The minimum Gasteiger partial charge on any atom is -0.309 e. The van der Waals surface area contributed by atoms with Crippen LogP contribution in [0.3, 0.4) is 0 Å². The van der Waals surface area contributed by atoms with Crippen molar-refractivity contribution in [3.8, 4) is 34.3 Å². The van der Waals surface area contributed by atoms with Gasteiger partial charge in [0.25, 0.3) is 0 Å². The molecule has 11 rings (SSSR count). The summed E-state index contributed by atoms with van der Waals surface area (Å²) in [7, 11) is 0. The lowest BCUT2D eigenvalue weighted by Gasteiger charge is -2.14. The van der Waals surface area contributed by atoms with Gasteiger partial charge in [0.1, 0.15) is 0 Å². The maximum atomic E-state index is 10.3. The molecule has 0 radical (unpaired) electrons. The molecule has 0 unspecified atom stereocenters. The quantitative estimate of drug-likeness (QED) is 0.183.